The summed E-state index contributed by atoms with van der Waals surface area (Å²) in [7, 11) is -3.67. The Balaban J connectivity index is 2.57. The first-order valence-corrected chi connectivity index (χ1v) is 6.92. The number of nitrogens with one attached hydrogen (secondary N) is 1. The number of hydrogen-bond donors (Lipinski definition) is 3. The lowest BCUT2D eigenvalue weighted by Crippen LogP contribution is -2.15. The minimum Gasteiger partial charge on any atom is -0.481 e. The van der Waals surface area contributed by atoms with Crippen molar-refractivity contribution < 1.29 is 18.3 Å². The summed E-state index contributed by atoms with van der Waals surface area (Å²) in [6.45, 7) is 2.32. The number of benzene rings is 1. The monoisotopic (exact) mass is 272 g/mol. The highest BCUT2D eigenvalue weighted by molar-refractivity contribution is 7.89. The summed E-state index contributed by atoms with van der Waals surface area (Å²) in [5, 5.41) is 16.6. The van der Waals surface area contributed by atoms with Crippen molar-refractivity contribution in [2.24, 2.45) is 11.1 Å². The minimum absolute atomic E-state index is 0.0135. The van der Waals surface area contributed by atoms with Crippen LogP contribution in [0.4, 0.5) is 5.69 Å². The Morgan fingerprint density at radius 3 is 2.39 bits per heavy atom. The smallest absolute Gasteiger partial charge is 0.303 e. The fourth-order valence-corrected chi connectivity index (χ4v) is 1.94. The summed E-state index contributed by atoms with van der Waals surface area (Å²) in [4.78, 5) is 10.5. The van der Waals surface area contributed by atoms with E-state index >= 15 is 0 Å². The molecule has 1 rings (SSSR count). The lowest BCUT2D eigenvalue weighted by atomic mass is 10.1. The average Bonchev–Trinajstić information content (AvgIpc) is 2.25. The second-order valence-corrected chi connectivity index (χ2v) is 5.71. The molecule has 4 N–H and O–H groups in total. The van der Waals surface area contributed by atoms with Crippen molar-refractivity contribution in [1.82, 2.24) is 0 Å². The highest BCUT2D eigenvalue weighted by atomic mass is 32.2. The van der Waals surface area contributed by atoms with Crippen LogP contribution in [0.1, 0.15) is 13.3 Å². The van der Waals surface area contributed by atoms with Crippen molar-refractivity contribution >= 4 is 21.7 Å². The Morgan fingerprint density at radius 2 is 1.94 bits per heavy atom. The van der Waals surface area contributed by atoms with Crippen LogP contribution in [0.3, 0.4) is 0 Å². The lowest BCUT2D eigenvalue weighted by molar-refractivity contribution is -0.137. The molecule has 0 aliphatic heterocycles. The molecule has 1 unspecified atom stereocenters. The molecule has 0 amide bonds. The van der Waals surface area contributed by atoms with E-state index in [1.54, 1.807) is 12.1 Å². The van der Waals surface area contributed by atoms with Gasteiger partial charge in [-0.25, -0.2) is 13.6 Å². The summed E-state index contributed by atoms with van der Waals surface area (Å²) in [5.74, 6) is -0.853. The number of sulfonamides is 1. The number of primary sulfonamides is 1. The molecule has 0 bridgehead atoms. The van der Waals surface area contributed by atoms with Gasteiger partial charge in [0.1, 0.15) is 0 Å². The van der Waals surface area contributed by atoms with Crippen LogP contribution in [-0.2, 0) is 14.8 Å². The van der Waals surface area contributed by atoms with Gasteiger partial charge >= 0.3 is 5.97 Å². The minimum atomic E-state index is -3.67. The van der Waals surface area contributed by atoms with Crippen LogP contribution >= 0.6 is 0 Å². The van der Waals surface area contributed by atoms with E-state index in [2.05, 4.69) is 5.32 Å². The molecule has 6 nitrogen and oxygen atoms in total. The quantitative estimate of drug-likeness (QED) is 0.711. The molecule has 0 radical (unpaired) electrons. The van der Waals surface area contributed by atoms with E-state index in [1.807, 2.05) is 6.92 Å². The van der Waals surface area contributed by atoms with Gasteiger partial charge in [-0.1, -0.05) is 6.92 Å². The summed E-state index contributed by atoms with van der Waals surface area (Å²) < 4.78 is 22.0. The van der Waals surface area contributed by atoms with E-state index in [0.29, 0.717) is 6.54 Å². The van der Waals surface area contributed by atoms with Crippen LogP contribution in [0.15, 0.2) is 29.2 Å². The first kappa shape index (κ1) is 14.5. The van der Waals surface area contributed by atoms with Gasteiger partial charge in [0, 0.05) is 18.7 Å². The second-order valence-electron chi connectivity index (χ2n) is 4.15. The van der Waals surface area contributed by atoms with Crippen LogP contribution < -0.4 is 10.5 Å². The molecule has 0 saturated heterocycles. The molecule has 0 saturated carbocycles. The summed E-state index contributed by atoms with van der Waals surface area (Å²) in [6.07, 6.45) is 0.0856. The summed E-state index contributed by atoms with van der Waals surface area (Å²) in [5.41, 5.74) is 0.722. The third-order valence-corrected chi connectivity index (χ3v) is 3.29. The Kier molecular flexibility index (Phi) is 4.69. The fourth-order valence-electron chi connectivity index (χ4n) is 1.42. The van der Waals surface area contributed by atoms with Crippen molar-refractivity contribution in [3.63, 3.8) is 0 Å². The second kappa shape index (κ2) is 5.83. The first-order valence-electron chi connectivity index (χ1n) is 5.37. The van der Waals surface area contributed by atoms with Crippen molar-refractivity contribution in [3.05, 3.63) is 24.3 Å². The van der Waals surface area contributed by atoms with Crippen molar-refractivity contribution in [2.75, 3.05) is 11.9 Å². The van der Waals surface area contributed by atoms with E-state index in [0.717, 1.165) is 5.69 Å². The molecule has 1 aromatic carbocycles. The number of nitrogens with two attached hydrogens (primary N) is 1. The van der Waals surface area contributed by atoms with E-state index in [4.69, 9.17) is 10.2 Å². The van der Waals surface area contributed by atoms with Crippen LogP contribution in [0, 0.1) is 5.92 Å². The van der Waals surface area contributed by atoms with Gasteiger partial charge in [0.05, 0.1) is 4.90 Å². The molecule has 0 spiro atoms. The van der Waals surface area contributed by atoms with E-state index in [1.165, 1.54) is 12.1 Å². The molecule has 7 heteroatoms. The van der Waals surface area contributed by atoms with Crippen molar-refractivity contribution in [3.8, 4) is 0 Å². The molecule has 1 atom stereocenters. The number of rotatable bonds is 6. The van der Waals surface area contributed by atoms with Gasteiger partial charge in [-0.3, -0.25) is 4.79 Å². The van der Waals surface area contributed by atoms with E-state index in [9.17, 15) is 13.2 Å². The molecular formula is C11H16N2O4S. The zero-order valence-corrected chi connectivity index (χ0v) is 10.8. The van der Waals surface area contributed by atoms with Gasteiger partial charge < -0.3 is 10.4 Å². The molecule has 0 fully saturated rings. The summed E-state index contributed by atoms with van der Waals surface area (Å²) in [6, 6.07) is 5.99. The van der Waals surface area contributed by atoms with E-state index < -0.39 is 16.0 Å². The van der Waals surface area contributed by atoms with E-state index in [-0.39, 0.29) is 17.2 Å². The Labute approximate surface area is 106 Å². The number of carboxylic acids is 1. The maximum atomic E-state index is 11.0. The topological polar surface area (TPSA) is 109 Å². The zero-order valence-electron chi connectivity index (χ0n) is 9.96. The molecule has 0 heterocycles. The maximum absolute atomic E-state index is 11.0. The van der Waals surface area contributed by atoms with Crippen LogP contribution in [0.2, 0.25) is 0 Å². The highest BCUT2D eigenvalue weighted by Crippen LogP contribution is 2.13. The number of carboxylic acid groups (broad SMARTS) is 1. The molecular weight excluding hydrogens is 256 g/mol. The standard InChI is InChI=1S/C11H16N2O4S/c1-8(6-11(14)15)7-13-9-2-4-10(5-3-9)18(12,16)17/h2-5,8,13H,6-7H2,1H3,(H,14,15)(H2,12,16,17). The molecule has 18 heavy (non-hydrogen) atoms. The predicted molar refractivity (Wildman–Crippen MR) is 67.7 cm³/mol. The lowest BCUT2D eigenvalue weighted by Gasteiger charge is -2.11. The SMILES string of the molecule is CC(CNc1ccc(S(N)(=O)=O)cc1)CC(=O)O. The zero-order chi connectivity index (χ0) is 13.8. The summed E-state index contributed by atoms with van der Waals surface area (Å²) >= 11 is 0. The average molecular weight is 272 g/mol. The number of aliphatic carboxylic acids is 1. The Morgan fingerprint density at radius 1 is 1.39 bits per heavy atom. The van der Waals surface area contributed by atoms with Crippen molar-refractivity contribution in [1.29, 1.82) is 0 Å². The fraction of sp³-hybridized carbons (Fsp3) is 0.364. The number of carbonyl (C=O) groups is 1. The molecule has 0 aromatic heterocycles. The normalized spacial score (nSPS) is 13.0. The molecule has 0 aliphatic carbocycles. The third-order valence-electron chi connectivity index (χ3n) is 2.36. The first-order chi connectivity index (χ1) is 8.29. The number of hydrogen-bond acceptors (Lipinski definition) is 4. The van der Waals surface area contributed by atoms with Crippen LogP contribution in [0.5, 0.6) is 0 Å². The van der Waals surface area contributed by atoms with Crippen LogP contribution in [0.25, 0.3) is 0 Å². The van der Waals surface area contributed by atoms with Gasteiger partial charge in [0.25, 0.3) is 0 Å². The molecule has 100 valence electrons. The number of anilines is 1. The third kappa shape index (κ3) is 4.72. The molecule has 1 aromatic rings. The van der Waals surface area contributed by atoms with Crippen LogP contribution in [-0.4, -0.2) is 26.0 Å². The molecule has 0 aliphatic rings. The van der Waals surface area contributed by atoms with Gasteiger partial charge in [0.15, 0.2) is 0 Å². The largest absolute Gasteiger partial charge is 0.481 e. The van der Waals surface area contributed by atoms with Crippen molar-refractivity contribution in [2.45, 2.75) is 18.2 Å². The highest BCUT2D eigenvalue weighted by Gasteiger charge is 2.09. The van der Waals surface area contributed by atoms with Gasteiger partial charge in [-0.15, -0.1) is 0 Å². The van der Waals surface area contributed by atoms with Gasteiger partial charge in [-0.2, -0.15) is 0 Å². The predicted octanol–water partition coefficient (Wildman–Crippen LogP) is 0.857. The Bertz CT molecular complexity index is 510. The Hall–Kier alpha value is -1.60. The van der Waals surface area contributed by atoms with Gasteiger partial charge in [0.2, 0.25) is 10.0 Å². The maximum Gasteiger partial charge on any atom is 0.303 e. The van der Waals surface area contributed by atoms with Gasteiger partial charge in [-0.05, 0) is 30.2 Å².